The van der Waals surface area contributed by atoms with E-state index in [4.69, 9.17) is 9.40 Å². The number of benzene rings is 1. The lowest BCUT2D eigenvalue weighted by Gasteiger charge is -2.37. The van der Waals surface area contributed by atoms with Crippen LogP contribution in [0.15, 0.2) is 47.3 Å². The Morgan fingerprint density at radius 1 is 1.08 bits per heavy atom. The fourth-order valence-corrected chi connectivity index (χ4v) is 6.21. The number of fused-ring (bicyclic) bond motifs is 5. The molecule has 6 rings (SSSR count). The second-order valence-electron chi connectivity index (χ2n) is 10.3. The van der Waals surface area contributed by atoms with Crippen LogP contribution in [0.1, 0.15) is 68.3 Å². The number of aliphatic hydroxyl groups is 1. The standard InChI is InChI=1S/C27H24F3N5O2/c1-13(28)23(36)20-12-37-25(33-20)19-10-31-11-21(32-19)27-8-7-15(26(27,2)3)14-9-18(34-35-24(14)27)22-16(29)5-4-6-17(22)30/h4-6,9-13,15,23,36H,7-8H2,1-3H3/t13?,15-,23+,27-/m0/s1. The van der Waals surface area contributed by atoms with Crippen LogP contribution in [0.2, 0.25) is 0 Å². The maximum absolute atomic E-state index is 14.5. The van der Waals surface area contributed by atoms with Crippen molar-refractivity contribution in [2.75, 3.05) is 0 Å². The van der Waals surface area contributed by atoms with E-state index in [1.165, 1.54) is 37.6 Å². The second-order valence-corrected chi connectivity index (χ2v) is 10.3. The van der Waals surface area contributed by atoms with Gasteiger partial charge in [-0.3, -0.25) is 4.98 Å². The van der Waals surface area contributed by atoms with E-state index < -0.39 is 29.3 Å². The maximum atomic E-state index is 14.5. The van der Waals surface area contributed by atoms with Crippen molar-refractivity contribution in [3.63, 3.8) is 0 Å². The van der Waals surface area contributed by atoms with Gasteiger partial charge in [0.1, 0.15) is 41.6 Å². The molecule has 0 amide bonds. The molecule has 0 aliphatic heterocycles. The first-order valence-corrected chi connectivity index (χ1v) is 12.1. The lowest BCUT2D eigenvalue weighted by atomic mass is 9.66. The van der Waals surface area contributed by atoms with Crippen LogP contribution in [-0.2, 0) is 5.41 Å². The fraction of sp³-hybridized carbons (Fsp3) is 0.370. The van der Waals surface area contributed by atoms with E-state index in [9.17, 15) is 18.3 Å². The Labute approximate surface area is 210 Å². The molecular formula is C27H24F3N5O2. The van der Waals surface area contributed by atoms with Crippen molar-refractivity contribution in [1.29, 1.82) is 0 Å². The highest BCUT2D eigenvalue weighted by molar-refractivity contribution is 5.64. The van der Waals surface area contributed by atoms with Gasteiger partial charge >= 0.3 is 0 Å². The fourth-order valence-electron chi connectivity index (χ4n) is 6.21. The first kappa shape index (κ1) is 23.7. The molecule has 190 valence electrons. The minimum Gasteiger partial charge on any atom is -0.443 e. The minimum atomic E-state index is -1.51. The molecule has 2 aliphatic rings. The van der Waals surface area contributed by atoms with Gasteiger partial charge in [0.05, 0.1) is 34.3 Å². The molecule has 1 aromatic carbocycles. The topological polar surface area (TPSA) is 97.8 Å². The number of nitrogens with zero attached hydrogens (tertiary/aromatic N) is 5. The summed E-state index contributed by atoms with van der Waals surface area (Å²) in [6.45, 7) is 5.50. The molecule has 4 aromatic rings. The predicted octanol–water partition coefficient (Wildman–Crippen LogP) is 5.46. The molecule has 3 heterocycles. The number of aromatic nitrogens is 5. The SMILES string of the molecule is CC(F)[C@@H](O)c1coc(-c2cncc([C@@]34CC[C@@H](c5cc(-c6c(F)cccc6F)nnc53)C4(C)C)n2)n1. The molecule has 2 aliphatic carbocycles. The Balaban J connectivity index is 1.46. The first-order valence-electron chi connectivity index (χ1n) is 12.1. The highest BCUT2D eigenvalue weighted by Gasteiger charge is 2.65. The summed E-state index contributed by atoms with van der Waals surface area (Å²) in [5, 5.41) is 18.8. The first-order chi connectivity index (χ1) is 17.6. The number of rotatable bonds is 5. The number of alkyl halides is 1. The smallest absolute Gasteiger partial charge is 0.247 e. The predicted molar refractivity (Wildman–Crippen MR) is 127 cm³/mol. The van der Waals surface area contributed by atoms with Gasteiger partial charge in [-0.1, -0.05) is 19.9 Å². The molecule has 4 atom stereocenters. The highest BCUT2D eigenvalue weighted by Crippen LogP contribution is 2.69. The quantitative estimate of drug-likeness (QED) is 0.383. The van der Waals surface area contributed by atoms with Crippen molar-refractivity contribution in [1.82, 2.24) is 25.1 Å². The normalized spacial score (nSPS) is 23.2. The van der Waals surface area contributed by atoms with Gasteiger partial charge in [0.25, 0.3) is 0 Å². The van der Waals surface area contributed by atoms with Crippen LogP contribution in [0.25, 0.3) is 22.8 Å². The third-order valence-electron chi connectivity index (χ3n) is 8.15. The van der Waals surface area contributed by atoms with Crippen molar-refractivity contribution in [3.8, 4) is 22.8 Å². The molecule has 10 heteroatoms. The van der Waals surface area contributed by atoms with E-state index in [1.807, 2.05) is 0 Å². The third kappa shape index (κ3) is 3.28. The Kier molecular flexibility index (Phi) is 5.24. The van der Waals surface area contributed by atoms with Gasteiger partial charge in [-0.2, -0.15) is 5.10 Å². The Morgan fingerprint density at radius 2 is 1.84 bits per heavy atom. The van der Waals surface area contributed by atoms with Crippen LogP contribution in [0, 0.1) is 17.0 Å². The lowest BCUT2D eigenvalue weighted by Crippen LogP contribution is -2.38. The average Bonchev–Trinajstić information content (AvgIpc) is 3.52. The molecule has 1 fully saturated rings. The largest absolute Gasteiger partial charge is 0.443 e. The second kappa shape index (κ2) is 8.17. The molecule has 37 heavy (non-hydrogen) atoms. The number of oxazole rings is 1. The zero-order valence-electron chi connectivity index (χ0n) is 20.4. The molecule has 3 aromatic heterocycles. The van der Waals surface area contributed by atoms with E-state index in [0.29, 0.717) is 11.4 Å². The van der Waals surface area contributed by atoms with Crippen molar-refractivity contribution in [3.05, 3.63) is 77.2 Å². The molecule has 1 saturated carbocycles. The summed E-state index contributed by atoms with van der Waals surface area (Å²) in [6, 6.07) is 5.46. The summed E-state index contributed by atoms with van der Waals surface area (Å²) in [7, 11) is 0. The molecular weight excluding hydrogens is 483 g/mol. The summed E-state index contributed by atoms with van der Waals surface area (Å²) in [4.78, 5) is 13.4. The summed E-state index contributed by atoms with van der Waals surface area (Å²) in [5.41, 5.74) is 1.64. The van der Waals surface area contributed by atoms with Crippen molar-refractivity contribution < 1.29 is 22.7 Å². The van der Waals surface area contributed by atoms with Crippen LogP contribution in [0.4, 0.5) is 13.2 Å². The molecule has 1 unspecified atom stereocenters. The number of aliphatic hydroxyl groups excluding tert-OH is 1. The zero-order valence-corrected chi connectivity index (χ0v) is 20.4. The molecule has 0 radical (unpaired) electrons. The van der Waals surface area contributed by atoms with Crippen molar-refractivity contribution >= 4 is 0 Å². The van der Waals surface area contributed by atoms with Crippen LogP contribution in [0.5, 0.6) is 0 Å². The Morgan fingerprint density at radius 3 is 2.57 bits per heavy atom. The van der Waals surface area contributed by atoms with E-state index >= 15 is 0 Å². The number of hydrogen-bond donors (Lipinski definition) is 1. The van der Waals surface area contributed by atoms with Gasteiger partial charge < -0.3 is 9.52 Å². The van der Waals surface area contributed by atoms with Gasteiger partial charge in [-0.15, -0.1) is 5.10 Å². The van der Waals surface area contributed by atoms with Gasteiger partial charge in [-0.05, 0) is 54.9 Å². The third-order valence-corrected chi connectivity index (χ3v) is 8.15. The van der Waals surface area contributed by atoms with Gasteiger partial charge in [0, 0.05) is 6.20 Å². The number of hydrogen-bond acceptors (Lipinski definition) is 7. The molecule has 0 spiro atoms. The van der Waals surface area contributed by atoms with E-state index in [1.54, 1.807) is 12.3 Å². The average molecular weight is 508 g/mol. The van der Waals surface area contributed by atoms with Gasteiger partial charge in [0.2, 0.25) is 5.89 Å². The molecule has 7 nitrogen and oxygen atoms in total. The molecule has 1 N–H and O–H groups in total. The van der Waals surface area contributed by atoms with E-state index in [2.05, 4.69) is 34.0 Å². The van der Waals surface area contributed by atoms with Crippen LogP contribution < -0.4 is 0 Å². The maximum Gasteiger partial charge on any atom is 0.247 e. The van der Waals surface area contributed by atoms with Gasteiger partial charge in [0.15, 0.2) is 0 Å². The van der Waals surface area contributed by atoms with Crippen molar-refractivity contribution in [2.24, 2.45) is 5.41 Å². The number of halogens is 3. The lowest BCUT2D eigenvalue weighted by molar-refractivity contribution is 0.0846. The summed E-state index contributed by atoms with van der Waals surface area (Å²) in [6.07, 6.45) is 3.03. The van der Waals surface area contributed by atoms with Crippen LogP contribution in [0.3, 0.4) is 0 Å². The minimum absolute atomic E-state index is 0.0709. The monoisotopic (exact) mass is 507 g/mol. The van der Waals surface area contributed by atoms with Crippen LogP contribution in [-0.4, -0.2) is 36.4 Å². The van der Waals surface area contributed by atoms with Crippen LogP contribution >= 0.6 is 0 Å². The Hall–Kier alpha value is -3.66. The van der Waals surface area contributed by atoms with E-state index in [-0.39, 0.29) is 34.2 Å². The molecule has 0 saturated heterocycles. The van der Waals surface area contributed by atoms with Gasteiger partial charge in [-0.25, -0.2) is 23.1 Å². The highest BCUT2D eigenvalue weighted by atomic mass is 19.1. The summed E-state index contributed by atoms with van der Waals surface area (Å²) in [5.74, 6) is -1.20. The summed E-state index contributed by atoms with van der Waals surface area (Å²) >= 11 is 0. The summed E-state index contributed by atoms with van der Waals surface area (Å²) < 4.78 is 48.0. The Bertz CT molecular complexity index is 1500. The zero-order chi connectivity index (χ0) is 26.1. The van der Waals surface area contributed by atoms with E-state index in [0.717, 1.165) is 24.1 Å². The molecule has 2 bridgehead atoms. The van der Waals surface area contributed by atoms with Crippen molar-refractivity contribution in [2.45, 2.75) is 57.2 Å².